The Morgan fingerprint density at radius 3 is 2.07 bits per heavy atom. The van der Waals surface area contributed by atoms with Crippen LogP contribution in [0.5, 0.6) is 0 Å². The van der Waals surface area contributed by atoms with Crippen molar-refractivity contribution in [3.8, 4) is 0 Å². The van der Waals surface area contributed by atoms with E-state index in [0.717, 1.165) is 11.3 Å². The predicted octanol–water partition coefficient (Wildman–Crippen LogP) is 4.37. The van der Waals surface area contributed by atoms with Gasteiger partial charge in [-0.05, 0) is 28.8 Å². The van der Waals surface area contributed by atoms with E-state index >= 15 is 0 Å². The SMILES string of the molecule is CC(C)P(c1cccc(Br)c1)C(C)C. The third kappa shape index (κ3) is 3.07. The lowest BCUT2D eigenvalue weighted by atomic mass is 10.4. The Bertz CT molecular complexity index is 286. The molecule has 0 saturated carbocycles. The highest BCUT2D eigenvalue weighted by atomic mass is 79.9. The van der Waals surface area contributed by atoms with Crippen LogP contribution in [0.4, 0.5) is 0 Å². The van der Waals surface area contributed by atoms with Crippen LogP contribution >= 0.6 is 23.9 Å². The molecular weight excluding hydrogens is 255 g/mol. The van der Waals surface area contributed by atoms with Gasteiger partial charge >= 0.3 is 0 Å². The molecule has 0 aromatic heterocycles. The molecule has 0 saturated heterocycles. The molecule has 0 radical (unpaired) electrons. The van der Waals surface area contributed by atoms with Crippen LogP contribution < -0.4 is 5.30 Å². The van der Waals surface area contributed by atoms with Gasteiger partial charge in [-0.2, -0.15) is 0 Å². The zero-order chi connectivity index (χ0) is 10.7. The lowest BCUT2D eigenvalue weighted by molar-refractivity contribution is 1.02. The molecule has 0 aliphatic heterocycles. The number of halogens is 1. The minimum Gasteiger partial charge on any atom is -0.0700 e. The normalized spacial score (nSPS) is 11.7. The average molecular weight is 273 g/mol. The summed E-state index contributed by atoms with van der Waals surface area (Å²) in [6.07, 6.45) is 0. The Labute approximate surface area is 97.0 Å². The first-order valence-corrected chi connectivity index (χ1v) is 7.33. The van der Waals surface area contributed by atoms with Crippen LogP contribution in [0, 0.1) is 0 Å². The Hall–Kier alpha value is 0.130. The number of rotatable bonds is 3. The minimum absolute atomic E-state index is 0.0200. The summed E-state index contributed by atoms with van der Waals surface area (Å²) in [7, 11) is -0.0200. The summed E-state index contributed by atoms with van der Waals surface area (Å²) in [5.74, 6) is 0. The molecular formula is C12H18BrP. The summed E-state index contributed by atoms with van der Waals surface area (Å²) < 4.78 is 1.20. The Kier molecular flexibility index (Phi) is 4.60. The quantitative estimate of drug-likeness (QED) is 0.717. The maximum Gasteiger partial charge on any atom is 0.0181 e. The van der Waals surface area contributed by atoms with Gasteiger partial charge in [0.15, 0.2) is 0 Å². The van der Waals surface area contributed by atoms with Crippen LogP contribution in [0.15, 0.2) is 28.7 Å². The van der Waals surface area contributed by atoms with E-state index in [1.54, 1.807) is 0 Å². The molecule has 0 bridgehead atoms. The number of benzene rings is 1. The van der Waals surface area contributed by atoms with E-state index in [1.807, 2.05) is 0 Å². The van der Waals surface area contributed by atoms with Gasteiger partial charge in [-0.1, -0.05) is 63.7 Å². The van der Waals surface area contributed by atoms with Crippen molar-refractivity contribution in [1.82, 2.24) is 0 Å². The zero-order valence-corrected chi connectivity index (χ0v) is 11.8. The molecule has 0 unspecified atom stereocenters. The predicted molar refractivity (Wildman–Crippen MR) is 71.0 cm³/mol. The van der Waals surface area contributed by atoms with E-state index in [-0.39, 0.29) is 7.92 Å². The smallest absolute Gasteiger partial charge is 0.0181 e. The molecule has 0 atom stereocenters. The third-order valence-electron chi connectivity index (χ3n) is 2.22. The van der Waals surface area contributed by atoms with Crippen LogP contribution in [0.25, 0.3) is 0 Å². The summed E-state index contributed by atoms with van der Waals surface area (Å²) in [5, 5.41) is 1.51. The van der Waals surface area contributed by atoms with Crippen LogP contribution in [0.3, 0.4) is 0 Å². The van der Waals surface area contributed by atoms with E-state index in [1.165, 1.54) is 9.78 Å². The summed E-state index contributed by atoms with van der Waals surface area (Å²) in [4.78, 5) is 0. The first kappa shape index (κ1) is 12.2. The van der Waals surface area contributed by atoms with Gasteiger partial charge in [-0.15, -0.1) is 0 Å². The second kappa shape index (κ2) is 5.28. The molecule has 1 aromatic carbocycles. The van der Waals surface area contributed by atoms with Crippen LogP contribution in [0.1, 0.15) is 27.7 Å². The summed E-state index contributed by atoms with van der Waals surface area (Å²) >= 11 is 3.54. The molecule has 78 valence electrons. The highest BCUT2D eigenvalue weighted by Crippen LogP contribution is 2.44. The molecule has 1 aromatic rings. The molecule has 0 aliphatic rings. The van der Waals surface area contributed by atoms with Gasteiger partial charge in [-0.25, -0.2) is 0 Å². The van der Waals surface area contributed by atoms with Crippen molar-refractivity contribution < 1.29 is 0 Å². The van der Waals surface area contributed by atoms with Gasteiger partial charge < -0.3 is 0 Å². The molecule has 0 fully saturated rings. The molecule has 0 spiro atoms. The summed E-state index contributed by atoms with van der Waals surface area (Å²) in [6.45, 7) is 9.30. The van der Waals surface area contributed by atoms with Gasteiger partial charge in [0, 0.05) is 4.47 Å². The second-order valence-electron chi connectivity index (χ2n) is 4.07. The van der Waals surface area contributed by atoms with Crippen molar-refractivity contribution >= 4 is 29.2 Å². The molecule has 0 heterocycles. The van der Waals surface area contributed by atoms with Gasteiger partial charge in [0.25, 0.3) is 0 Å². The van der Waals surface area contributed by atoms with Gasteiger partial charge in [-0.3, -0.25) is 0 Å². The number of hydrogen-bond acceptors (Lipinski definition) is 0. The molecule has 14 heavy (non-hydrogen) atoms. The van der Waals surface area contributed by atoms with E-state index < -0.39 is 0 Å². The molecule has 2 heteroatoms. The molecule has 0 amide bonds. The monoisotopic (exact) mass is 272 g/mol. The lowest BCUT2D eigenvalue weighted by Crippen LogP contribution is -2.14. The van der Waals surface area contributed by atoms with Gasteiger partial charge in [0.1, 0.15) is 0 Å². The Morgan fingerprint density at radius 1 is 1.07 bits per heavy atom. The standard InChI is InChI=1S/C12H18BrP/c1-9(2)14(10(3)4)12-7-5-6-11(13)8-12/h5-10H,1-4H3. The van der Waals surface area contributed by atoms with Gasteiger partial charge in [0.05, 0.1) is 0 Å². The van der Waals surface area contributed by atoms with Crippen molar-refractivity contribution in [1.29, 1.82) is 0 Å². The third-order valence-corrected chi connectivity index (χ3v) is 5.81. The zero-order valence-electron chi connectivity index (χ0n) is 9.29. The number of hydrogen-bond donors (Lipinski definition) is 0. The molecule has 0 aliphatic carbocycles. The van der Waals surface area contributed by atoms with Crippen molar-refractivity contribution in [3.63, 3.8) is 0 Å². The van der Waals surface area contributed by atoms with Crippen molar-refractivity contribution in [2.75, 3.05) is 0 Å². The Morgan fingerprint density at radius 2 is 1.64 bits per heavy atom. The highest BCUT2D eigenvalue weighted by molar-refractivity contribution is 9.10. The fourth-order valence-corrected chi connectivity index (χ4v) is 5.34. The van der Waals surface area contributed by atoms with Crippen LogP contribution in [0.2, 0.25) is 0 Å². The topological polar surface area (TPSA) is 0 Å². The largest absolute Gasteiger partial charge is 0.0700 e. The van der Waals surface area contributed by atoms with Crippen molar-refractivity contribution in [3.05, 3.63) is 28.7 Å². The first-order valence-electron chi connectivity index (χ1n) is 5.06. The summed E-state index contributed by atoms with van der Waals surface area (Å²) in [5.41, 5.74) is 1.53. The first-order chi connectivity index (χ1) is 6.52. The van der Waals surface area contributed by atoms with Crippen molar-refractivity contribution in [2.24, 2.45) is 0 Å². The van der Waals surface area contributed by atoms with E-state index in [2.05, 4.69) is 67.9 Å². The maximum absolute atomic E-state index is 3.54. The fourth-order valence-electron chi connectivity index (χ4n) is 1.83. The Balaban J connectivity index is 2.99. The van der Waals surface area contributed by atoms with Crippen LogP contribution in [-0.4, -0.2) is 11.3 Å². The minimum atomic E-state index is -0.0200. The van der Waals surface area contributed by atoms with E-state index in [0.29, 0.717) is 0 Å². The van der Waals surface area contributed by atoms with Crippen molar-refractivity contribution in [2.45, 2.75) is 39.0 Å². The molecule has 1 rings (SSSR count). The molecule has 0 N–H and O–H groups in total. The molecule has 0 nitrogen and oxygen atoms in total. The summed E-state index contributed by atoms with van der Waals surface area (Å²) in [6, 6.07) is 8.76. The second-order valence-corrected chi connectivity index (χ2v) is 8.39. The van der Waals surface area contributed by atoms with E-state index in [4.69, 9.17) is 0 Å². The van der Waals surface area contributed by atoms with E-state index in [9.17, 15) is 0 Å². The van der Waals surface area contributed by atoms with Crippen LogP contribution in [-0.2, 0) is 0 Å². The average Bonchev–Trinajstić information content (AvgIpc) is 2.02. The highest BCUT2D eigenvalue weighted by Gasteiger charge is 2.18. The van der Waals surface area contributed by atoms with Gasteiger partial charge in [0.2, 0.25) is 0 Å². The maximum atomic E-state index is 3.54. The fraction of sp³-hybridized carbons (Fsp3) is 0.500. The lowest BCUT2D eigenvalue weighted by Gasteiger charge is -2.26.